The first-order valence-corrected chi connectivity index (χ1v) is 7.16. The van der Waals surface area contributed by atoms with Gasteiger partial charge >= 0.3 is 11.8 Å². The van der Waals surface area contributed by atoms with E-state index in [0.717, 1.165) is 5.56 Å². The molecule has 0 radical (unpaired) electrons. The number of ether oxygens (including phenoxy) is 1. The molecule has 1 aromatic heterocycles. The van der Waals surface area contributed by atoms with Crippen LogP contribution in [0.5, 0.6) is 5.75 Å². The van der Waals surface area contributed by atoms with Gasteiger partial charge in [-0.3, -0.25) is 9.59 Å². The van der Waals surface area contributed by atoms with Crippen LogP contribution in [0.15, 0.2) is 64.8 Å². The number of nitrogens with one attached hydrogen (secondary N) is 2. The van der Waals surface area contributed by atoms with Gasteiger partial charge in [0.2, 0.25) is 0 Å². The summed E-state index contributed by atoms with van der Waals surface area (Å²) in [5, 5.41) is 6.15. The number of rotatable bonds is 7. The van der Waals surface area contributed by atoms with E-state index >= 15 is 0 Å². The van der Waals surface area contributed by atoms with Crippen LogP contribution in [0.25, 0.3) is 0 Å². The van der Waals surface area contributed by atoms with Crippen molar-refractivity contribution in [1.29, 1.82) is 0 Å². The molecule has 1 heterocycles. The number of hydrogen-bond acceptors (Lipinski definition) is 5. The molecule has 2 N–H and O–H groups in total. The average molecular weight is 327 g/mol. The summed E-state index contributed by atoms with van der Waals surface area (Å²) in [6.07, 6.45) is 4.57. The molecule has 124 valence electrons. The number of nitrogens with zero attached hydrogens (tertiary/aromatic N) is 1. The number of hydrogen-bond donors (Lipinski definition) is 2. The number of carbonyl (C=O) groups is 2. The average Bonchev–Trinajstić information content (AvgIpc) is 3.12. The third kappa shape index (κ3) is 5.45. The molecule has 0 atom stereocenters. The molecule has 0 saturated heterocycles. The van der Waals surface area contributed by atoms with Crippen LogP contribution in [0.3, 0.4) is 0 Å². The molecule has 0 saturated carbocycles. The maximum absolute atomic E-state index is 11.6. The highest BCUT2D eigenvalue weighted by Crippen LogP contribution is 2.10. The van der Waals surface area contributed by atoms with Crippen LogP contribution in [0.4, 0.5) is 0 Å². The third-order valence-corrected chi connectivity index (χ3v) is 2.84. The summed E-state index contributed by atoms with van der Waals surface area (Å²) < 4.78 is 10.4. The van der Waals surface area contributed by atoms with Gasteiger partial charge in [0, 0.05) is 0 Å². The summed E-state index contributed by atoms with van der Waals surface area (Å²) in [6.45, 7) is 4.13. The van der Waals surface area contributed by atoms with Crippen molar-refractivity contribution >= 4 is 18.0 Å². The van der Waals surface area contributed by atoms with Gasteiger partial charge in [0.05, 0.1) is 19.0 Å². The van der Waals surface area contributed by atoms with Crippen LogP contribution < -0.4 is 15.5 Å². The summed E-state index contributed by atoms with van der Waals surface area (Å²) in [5.74, 6) is -0.396. The fraction of sp³-hybridized carbons (Fsp3) is 0.118. The van der Waals surface area contributed by atoms with Gasteiger partial charge in [-0.25, -0.2) is 5.43 Å². The molecule has 0 aliphatic carbocycles. The summed E-state index contributed by atoms with van der Waals surface area (Å²) >= 11 is 0. The smallest absolute Gasteiger partial charge is 0.329 e. The molecule has 2 amide bonds. The molecule has 0 aliphatic heterocycles. The fourth-order valence-corrected chi connectivity index (χ4v) is 1.68. The van der Waals surface area contributed by atoms with Gasteiger partial charge in [0.25, 0.3) is 0 Å². The Bertz CT molecular complexity index is 706. The Morgan fingerprint density at radius 2 is 2.00 bits per heavy atom. The van der Waals surface area contributed by atoms with Gasteiger partial charge in [0.1, 0.15) is 18.1 Å². The molecule has 0 spiro atoms. The van der Waals surface area contributed by atoms with Crippen molar-refractivity contribution in [2.45, 2.75) is 6.54 Å². The molecular weight excluding hydrogens is 310 g/mol. The Labute approximate surface area is 139 Å². The Kier molecular flexibility index (Phi) is 6.34. The Balaban J connectivity index is 1.76. The minimum atomic E-state index is -0.858. The molecule has 0 unspecified atom stereocenters. The molecule has 1 aromatic carbocycles. The third-order valence-electron chi connectivity index (χ3n) is 2.84. The normalized spacial score (nSPS) is 10.3. The Hall–Kier alpha value is -3.35. The van der Waals surface area contributed by atoms with E-state index in [2.05, 4.69) is 22.4 Å². The minimum Gasteiger partial charge on any atom is -0.490 e. The van der Waals surface area contributed by atoms with E-state index < -0.39 is 11.8 Å². The molecule has 2 aromatic rings. The quantitative estimate of drug-likeness (QED) is 0.350. The number of amides is 2. The Morgan fingerprint density at radius 1 is 1.21 bits per heavy atom. The van der Waals surface area contributed by atoms with Crippen LogP contribution in [-0.2, 0) is 16.1 Å². The first kappa shape index (κ1) is 17.0. The second kappa shape index (κ2) is 8.94. The maximum atomic E-state index is 11.6. The maximum Gasteiger partial charge on any atom is 0.329 e. The van der Waals surface area contributed by atoms with Crippen molar-refractivity contribution in [2.75, 3.05) is 6.61 Å². The molecular formula is C17H17N3O4. The number of carbonyl (C=O) groups excluding carboxylic acids is 2. The van der Waals surface area contributed by atoms with Crippen LogP contribution in [0.1, 0.15) is 11.3 Å². The van der Waals surface area contributed by atoms with Crippen molar-refractivity contribution < 1.29 is 18.7 Å². The predicted octanol–water partition coefficient (Wildman–Crippen LogP) is 1.61. The minimum absolute atomic E-state index is 0.134. The lowest BCUT2D eigenvalue weighted by Crippen LogP contribution is -2.37. The lowest BCUT2D eigenvalue weighted by atomic mass is 10.2. The molecule has 0 fully saturated rings. The first-order chi connectivity index (χ1) is 11.7. The van der Waals surface area contributed by atoms with Gasteiger partial charge in [-0.05, 0) is 42.0 Å². The molecule has 7 nitrogen and oxygen atoms in total. The zero-order valence-electron chi connectivity index (χ0n) is 12.9. The molecule has 0 aliphatic rings. The second-order valence-electron chi connectivity index (χ2n) is 4.63. The van der Waals surface area contributed by atoms with E-state index in [1.807, 2.05) is 0 Å². The number of benzene rings is 1. The monoisotopic (exact) mass is 327 g/mol. The van der Waals surface area contributed by atoms with Gasteiger partial charge in [-0.1, -0.05) is 12.7 Å². The highest BCUT2D eigenvalue weighted by molar-refractivity contribution is 6.35. The van der Waals surface area contributed by atoms with Gasteiger partial charge in [0.15, 0.2) is 0 Å². The van der Waals surface area contributed by atoms with Gasteiger partial charge in [-0.15, -0.1) is 0 Å². The van der Waals surface area contributed by atoms with Crippen molar-refractivity contribution in [3.05, 3.63) is 66.6 Å². The predicted molar refractivity (Wildman–Crippen MR) is 88.4 cm³/mol. The molecule has 2 rings (SSSR count). The molecule has 0 bridgehead atoms. The van der Waals surface area contributed by atoms with Crippen LogP contribution >= 0.6 is 0 Å². The van der Waals surface area contributed by atoms with E-state index in [4.69, 9.17) is 9.15 Å². The highest BCUT2D eigenvalue weighted by Gasteiger charge is 2.12. The number of hydrazone groups is 1. The van der Waals surface area contributed by atoms with E-state index in [0.29, 0.717) is 18.1 Å². The van der Waals surface area contributed by atoms with Crippen LogP contribution in [0, 0.1) is 0 Å². The van der Waals surface area contributed by atoms with E-state index in [1.54, 1.807) is 42.5 Å². The van der Waals surface area contributed by atoms with Crippen LogP contribution in [0.2, 0.25) is 0 Å². The van der Waals surface area contributed by atoms with Crippen molar-refractivity contribution in [3.8, 4) is 5.75 Å². The molecule has 7 heteroatoms. The summed E-state index contributed by atoms with van der Waals surface area (Å²) in [4.78, 5) is 23.1. The van der Waals surface area contributed by atoms with Crippen molar-refractivity contribution in [2.24, 2.45) is 5.10 Å². The SMILES string of the molecule is C=CCOc1ccc(/C=N/NC(=O)C(=O)NCc2ccco2)cc1. The van der Waals surface area contributed by atoms with Crippen molar-refractivity contribution in [1.82, 2.24) is 10.7 Å². The number of furan rings is 1. The summed E-state index contributed by atoms with van der Waals surface area (Å²) in [5.41, 5.74) is 2.90. The lowest BCUT2D eigenvalue weighted by molar-refractivity contribution is -0.139. The largest absolute Gasteiger partial charge is 0.490 e. The topological polar surface area (TPSA) is 92.9 Å². The van der Waals surface area contributed by atoms with E-state index in [1.165, 1.54) is 12.5 Å². The van der Waals surface area contributed by atoms with Gasteiger partial charge < -0.3 is 14.5 Å². The van der Waals surface area contributed by atoms with E-state index in [9.17, 15) is 9.59 Å². The van der Waals surface area contributed by atoms with E-state index in [-0.39, 0.29) is 6.54 Å². The zero-order valence-corrected chi connectivity index (χ0v) is 12.9. The lowest BCUT2D eigenvalue weighted by Gasteiger charge is -2.03. The molecule has 24 heavy (non-hydrogen) atoms. The van der Waals surface area contributed by atoms with Crippen LogP contribution in [-0.4, -0.2) is 24.6 Å². The Morgan fingerprint density at radius 3 is 2.67 bits per heavy atom. The highest BCUT2D eigenvalue weighted by atomic mass is 16.5. The standard InChI is InChI=1S/C17H17N3O4/c1-2-9-23-14-7-5-13(6-8-14)11-19-20-17(22)16(21)18-12-15-4-3-10-24-15/h2-8,10-11H,1,9,12H2,(H,18,21)(H,20,22)/b19-11+. The zero-order chi connectivity index (χ0) is 17.2. The second-order valence-corrected chi connectivity index (χ2v) is 4.63. The van der Waals surface area contributed by atoms with Gasteiger partial charge in [-0.2, -0.15) is 5.10 Å². The summed E-state index contributed by atoms with van der Waals surface area (Å²) in [6, 6.07) is 10.5. The first-order valence-electron chi connectivity index (χ1n) is 7.16. The summed E-state index contributed by atoms with van der Waals surface area (Å²) in [7, 11) is 0. The van der Waals surface area contributed by atoms with Crippen molar-refractivity contribution in [3.63, 3.8) is 0 Å². The fourth-order valence-electron chi connectivity index (χ4n) is 1.68.